The van der Waals surface area contributed by atoms with Gasteiger partial charge in [-0.2, -0.15) is 18.4 Å². The average molecular weight is 397 g/mol. The van der Waals surface area contributed by atoms with Crippen molar-refractivity contribution in [3.63, 3.8) is 0 Å². The van der Waals surface area contributed by atoms with Gasteiger partial charge < -0.3 is 5.32 Å². The van der Waals surface area contributed by atoms with Gasteiger partial charge in [0.1, 0.15) is 11.1 Å². The summed E-state index contributed by atoms with van der Waals surface area (Å²) in [6.45, 7) is 0.553. The first kappa shape index (κ1) is 18.7. The van der Waals surface area contributed by atoms with Gasteiger partial charge in [-0.15, -0.1) is 11.3 Å². The van der Waals surface area contributed by atoms with Crippen molar-refractivity contribution in [3.8, 4) is 16.6 Å². The number of amides is 1. The van der Waals surface area contributed by atoms with E-state index < -0.39 is 22.6 Å². The van der Waals surface area contributed by atoms with Gasteiger partial charge in [-0.25, -0.2) is 4.98 Å². The third-order valence-electron chi connectivity index (χ3n) is 3.92. The lowest BCUT2D eigenvalue weighted by Crippen LogP contribution is -2.30. The topological polar surface area (TPSA) is 65.8 Å². The summed E-state index contributed by atoms with van der Waals surface area (Å²) in [5, 5.41) is 13.2. The van der Waals surface area contributed by atoms with Crippen LogP contribution in [0.3, 0.4) is 0 Å². The van der Waals surface area contributed by atoms with Crippen LogP contribution in [0.2, 0.25) is 0 Å². The predicted octanol–water partition coefficient (Wildman–Crippen LogP) is 4.46. The molecule has 1 amide bonds. The molecule has 136 valence electrons. The molecule has 0 bridgehead atoms. The second kappa shape index (κ2) is 7.68. The predicted molar refractivity (Wildman–Crippen MR) is 93.8 cm³/mol. The Morgan fingerprint density at radius 2 is 2.19 bits per heavy atom. The summed E-state index contributed by atoms with van der Waals surface area (Å²) in [7, 11) is 0. The second-order valence-electron chi connectivity index (χ2n) is 5.72. The molecule has 1 aliphatic rings. The van der Waals surface area contributed by atoms with Crippen molar-refractivity contribution >= 4 is 29.0 Å². The van der Waals surface area contributed by atoms with Crippen molar-refractivity contribution < 1.29 is 18.0 Å². The van der Waals surface area contributed by atoms with Crippen LogP contribution in [0.25, 0.3) is 10.6 Å². The smallest absolute Gasteiger partial charge is 0.355 e. The van der Waals surface area contributed by atoms with Crippen molar-refractivity contribution in [3.05, 3.63) is 34.7 Å². The fraction of sp³-hybridized carbons (Fsp3) is 0.353. The first-order chi connectivity index (χ1) is 12.4. The van der Waals surface area contributed by atoms with E-state index in [0.717, 1.165) is 30.7 Å². The largest absolute Gasteiger partial charge is 0.417 e. The Morgan fingerprint density at radius 1 is 1.38 bits per heavy atom. The van der Waals surface area contributed by atoms with Gasteiger partial charge in [0, 0.05) is 6.54 Å². The van der Waals surface area contributed by atoms with E-state index in [1.807, 2.05) is 0 Å². The van der Waals surface area contributed by atoms with Gasteiger partial charge in [0.05, 0.1) is 26.9 Å². The molecule has 4 nitrogen and oxygen atoms in total. The number of halogens is 3. The lowest BCUT2D eigenvalue weighted by Gasteiger charge is -2.17. The van der Waals surface area contributed by atoms with E-state index >= 15 is 0 Å². The molecule has 0 spiro atoms. The highest BCUT2D eigenvalue weighted by atomic mass is 32.2. The molecule has 0 saturated carbocycles. The molecular formula is C17H14F3N3OS2. The van der Waals surface area contributed by atoms with Crippen molar-refractivity contribution in [2.75, 3.05) is 6.54 Å². The fourth-order valence-corrected chi connectivity index (χ4v) is 4.50. The molecule has 1 atom stereocenters. The highest BCUT2D eigenvalue weighted by molar-refractivity contribution is 8.00. The maximum atomic E-state index is 13.5. The zero-order valence-corrected chi connectivity index (χ0v) is 15.1. The molecule has 9 heteroatoms. The molecule has 1 saturated heterocycles. The molecule has 0 unspecified atom stereocenters. The highest BCUT2D eigenvalue weighted by Crippen LogP contribution is 2.40. The first-order valence-corrected chi connectivity index (χ1v) is 9.66. The number of hydrogen-bond acceptors (Lipinski definition) is 5. The molecule has 0 aliphatic carbocycles. The zero-order valence-electron chi connectivity index (χ0n) is 13.5. The van der Waals surface area contributed by atoms with Crippen LogP contribution in [0.15, 0.2) is 28.6 Å². The number of carbonyl (C=O) groups is 1. The average Bonchev–Trinajstić information content (AvgIpc) is 3.06. The number of nitrogens with one attached hydrogen (secondary N) is 1. The monoisotopic (exact) mass is 397 g/mol. The van der Waals surface area contributed by atoms with Crippen molar-refractivity contribution in [1.29, 1.82) is 5.26 Å². The van der Waals surface area contributed by atoms with Crippen LogP contribution in [0.1, 0.15) is 30.4 Å². The van der Waals surface area contributed by atoms with Gasteiger partial charge in [0.2, 0.25) is 5.91 Å². The third kappa shape index (κ3) is 4.02. The van der Waals surface area contributed by atoms with Crippen LogP contribution in [0, 0.1) is 11.3 Å². The van der Waals surface area contributed by atoms with E-state index in [4.69, 9.17) is 0 Å². The maximum Gasteiger partial charge on any atom is 0.417 e. The number of nitrogens with zero attached hydrogens (tertiary/aromatic N) is 2. The lowest BCUT2D eigenvalue weighted by molar-refractivity contribution is -0.138. The number of carbonyl (C=O) groups excluding carboxylic acids is 1. The number of alkyl halides is 3. The Morgan fingerprint density at radius 3 is 2.85 bits per heavy atom. The van der Waals surface area contributed by atoms with Gasteiger partial charge in [-0.05, 0) is 30.4 Å². The Kier molecular flexibility index (Phi) is 5.53. The van der Waals surface area contributed by atoms with E-state index in [1.54, 1.807) is 23.6 Å². The first-order valence-electron chi connectivity index (χ1n) is 7.90. The summed E-state index contributed by atoms with van der Waals surface area (Å²) in [5.41, 5.74) is -1.39. The molecule has 3 heterocycles. The van der Waals surface area contributed by atoms with Gasteiger partial charge >= 0.3 is 6.18 Å². The summed E-state index contributed by atoms with van der Waals surface area (Å²) >= 11 is 2.20. The number of thiophene rings is 1. The number of pyridine rings is 1. The SMILES string of the molecule is N#Cc1c(C(F)(F)F)cc(-c2cccs2)nc1S[C@H]1CCCCNC1=O. The van der Waals surface area contributed by atoms with E-state index in [0.29, 0.717) is 17.8 Å². The molecule has 2 aromatic heterocycles. The van der Waals surface area contributed by atoms with Crippen LogP contribution in [0.5, 0.6) is 0 Å². The second-order valence-corrected chi connectivity index (χ2v) is 7.85. The molecule has 1 fully saturated rings. The van der Waals surface area contributed by atoms with E-state index in [-0.39, 0.29) is 16.6 Å². The Balaban J connectivity index is 2.08. The van der Waals surface area contributed by atoms with Gasteiger partial charge in [0.15, 0.2) is 0 Å². The minimum Gasteiger partial charge on any atom is -0.355 e. The molecule has 1 aliphatic heterocycles. The molecule has 0 aromatic carbocycles. The van der Waals surface area contributed by atoms with Crippen LogP contribution in [-0.4, -0.2) is 22.7 Å². The molecule has 0 radical (unpaired) electrons. The Hall–Kier alpha value is -2.05. The molecule has 2 aromatic rings. The molecule has 3 rings (SSSR count). The fourth-order valence-electron chi connectivity index (χ4n) is 2.65. The number of rotatable bonds is 3. The van der Waals surface area contributed by atoms with Gasteiger partial charge in [-0.1, -0.05) is 24.2 Å². The van der Waals surface area contributed by atoms with Crippen molar-refractivity contribution in [1.82, 2.24) is 10.3 Å². The highest BCUT2D eigenvalue weighted by Gasteiger charge is 2.37. The number of hydrogen-bond donors (Lipinski definition) is 1. The van der Waals surface area contributed by atoms with E-state index in [2.05, 4.69) is 10.3 Å². The summed E-state index contributed by atoms with van der Waals surface area (Å²) in [6.07, 6.45) is -2.53. The standard InChI is InChI=1S/C17H14F3N3OS2/c18-17(19,20)11-8-12(13-5-3-7-25-13)23-16(10(11)9-21)26-14-4-1-2-6-22-15(14)24/h3,5,7-8,14H,1-2,4,6H2,(H,22,24)/t14-/m0/s1. The minimum atomic E-state index is -4.68. The van der Waals surface area contributed by atoms with Crippen molar-refractivity contribution in [2.24, 2.45) is 0 Å². The number of nitriles is 1. The van der Waals surface area contributed by atoms with Crippen LogP contribution in [0.4, 0.5) is 13.2 Å². The quantitative estimate of drug-likeness (QED) is 0.830. The third-order valence-corrected chi connectivity index (χ3v) is 6.06. The minimum absolute atomic E-state index is 0.0484. The molecule has 26 heavy (non-hydrogen) atoms. The number of aromatic nitrogens is 1. The van der Waals surface area contributed by atoms with Crippen LogP contribution < -0.4 is 5.32 Å². The molecular weight excluding hydrogens is 383 g/mol. The number of thioether (sulfide) groups is 1. The lowest BCUT2D eigenvalue weighted by atomic mass is 10.1. The summed E-state index contributed by atoms with van der Waals surface area (Å²) in [4.78, 5) is 17.0. The normalized spacial score (nSPS) is 18.1. The zero-order chi connectivity index (χ0) is 18.7. The Labute approximate surface area is 156 Å². The van der Waals surface area contributed by atoms with Crippen molar-refractivity contribution in [2.45, 2.75) is 35.7 Å². The van der Waals surface area contributed by atoms with Crippen LogP contribution in [-0.2, 0) is 11.0 Å². The van der Waals surface area contributed by atoms with E-state index in [1.165, 1.54) is 11.3 Å². The van der Waals surface area contributed by atoms with Gasteiger partial charge in [0.25, 0.3) is 0 Å². The summed E-state index contributed by atoms with van der Waals surface area (Å²) in [6, 6.07) is 5.93. The van der Waals surface area contributed by atoms with E-state index in [9.17, 15) is 23.2 Å². The van der Waals surface area contributed by atoms with Gasteiger partial charge in [-0.3, -0.25) is 4.79 Å². The summed E-state index contributed by atoms with van der Waals surface area (Å²) in [5.74, 6) is -0.228. The Bertz CT molecular complexity index is 844. The molecule has 1 N–H and O–H groups in total. The summed E-state index contributed by atoms with van der Waals surface area (Å²) < 4.78 is 40.5. The maximum absolute atomic E-state index is 13.5. The van der Waals surface area contributed by atoms with Crippen LogP contribution >= 0.6 is 23.1 Å².